The molecule has 0 spiro atoms. The zero-order valence-corrected chi connectivity index (χ0v) is 18.1. The summed E-state index contributed by atoms with van der Waals surface area (Å²) in [4.78, 5) is 0. The number of aromatic hydroxyl groups is 2. The van der Waals surface area contributed by atoms with Gasteiger partial charge in [-0.2, -0.15) is 0 Å². The molecule has 0 amide bonds. The van der Waals surface area contributed by atoms with E-state index in [-0.39, 0.29) is 35.2 Å². The molecule has 0 saturated heterocycles. The lowest BCUT2D eigenvalue weighted by Gasteiger charge is -2.31. The molecule has 1 aliphatic carbocycles. The van der Waals surface area contributed by atoms with E-state index >= 15 is 0 Å². The van der Waals surface area contributed by atoms with Crippen LogP contribution in [0.4, 0.5) is 0 Å². The number of benzene rings is 3. The van der Waals surface area contributed by atoms with Crippen LogP contribution < -0.4 is 0 Å². The topological polar surface area (TPSA) is 80.9 Å². The summed E-state index contributed by atoms with van der Waals surface area (Å²) in [6.45, 7) is 2.01. The standard InChI is InChI=1S/C28H28O4/c1-19(21-10-6-3-7-11-21)22-16-17-28(32,18-26(22)30)24-14-15-25(29)23(27(24)31)13-12-20-8-4-2-5-9-20/h2-11,14-17,19,29-32H,12-13,18H2,1H3. The van der Waals surface area contributed by atoms with Crippen molar-refractivity contribution in [2.75, 3.05) is 0 Å². The fourth-order valence-electron chi connectivity index (χ4n) is 4.38. The lowest BCUT2D eigenvalue weighted by Crippen LogP contribution is -2.27. The zero-order chi connectivity index (χ0) is 22.7. The lowest BCUT2D eigenvalue weighted by molar-refractivity contribution is 0.0711. The minimum absolute atomic E-state index is 0.0104. The van der Waals surface area contributed by atoms with Gasteiger partial charge in [0.15, 0.2) is 0 Å². The Bertz CT molecular complexity index is 1150. The lowest BCUT2D eigenvalue weighted by atomic mass is 9.79. The first-order chi connectivity index (χ1) is 15.4. The van der Waals surface area contributed by atoms with Gasteiger partial charge in [0.25, 0.3) is 0 Å². The van der Waals surface area contributed by atoms with Crippen LogP contribution in [0, 0.1) is 0 Å². The van der Waals surface area contributed by atoms with Crippen molar-refractivity contribution in [3.63, 3.8) is 0 Å². The molecule has 0 bridgehead atoms. The fourth-order valence-corrected chi connectivity index (χ4v) is 4.38. The van der Waals surface area contributed by atoms with Crippen LogP contribution in [0.1, 0.15) is 41.5 Å². The highest BCUT2D eigenvalue weighted by atomic mass is 16.3. The highest BCUT2D eigenvalue weighted by Gasteiger charge is 2.36. The first-order valence-corrected chi connectivity index (χ1v) is 10.9. The second-order valence-corrected chi connectivity index (χ2v) is 8.41. The van der Waals surface area contributed by atoms with E-state index in [1.54, 1.807) is 12.2 Å². The second kappa shape index (κ2) is 8.93. The SMILES string of the molecule is CC(C1=C(O)CC(O)(c2ccc(O)c(CCc3ccccc3)c2O)C=C1)c1ccccc1. The van der Waals surface area contributed by atoms with Crippen LogP contribution in [-0.2, 0) is 18.4 Å². The van der Waals surface area contributed by atoms with E-state index in [1.807, 2.05) is 67.6 Å². The van der Waals surface area contributed by atoms with Gasteiger partial charge in [0.1, 0.15) is 17.1 Å². The van der Waals surface area contributed by atoms with Gasteiger partial charge in [-0.1, -0.05) is 73.7 Å². The molecule has 3 aromatic rings. The number of aryl methyl sites for hydroxylation is 1. The van der Waals surface area contributed by atoms with E-state index in [0.717, 1.165) is 16.7 Å². The molecule has 164 valence electrons. The van der Waals surface area contributed by atoms with Crippen LogP contribution in [0.5, 0.6) is 11.5 Å². The van der Waals surface area contributed by atoms with Gasteiger partial charge >= 0.3 is 0 Å². The highest BCUT2D eigenvalue weighted by Crippen LogP contribution is 2.44. The van der Waals surface area contributed by atoms with Gasteiger partial charge in [-0.3, -0.25) is 0 Å². The number of phenols is 2. The van der Waals surface area contributed by atoms with E-state index in [9.17, 15) is 20.4 Å². The molecule has 1 aliphatic rings. The van der Waals surface area contributed by atoms with Crippen molar-refractivity contribution in [2.45, 2.75) is 37.7 Å². The summed E-state index contributed by atoms with van der Waals surface area (Å²) in [5, 5.41) is 43.4. The van der Waals surface area contributed by atoms with Crippen LogP contribution in [-0.4, -0.2) is 20.4 Å². The summed E-state index contributed by atoms with van der Waals surface area (Å²) in [5.74, 6) is -0.0966. The van der Waals surface area contributed by atoms with Gasteiger partial charge in [0.2, 0.25) is 0 Å². The Morgan fingerprint density at radius 3 is 2.16 bits per heavy atom. The molecule has 0 aliphatic heterocycles. The summed E-state index contributed by atoms with van der Waals surface area (Å²) < 4.78 is 0. The van der Waals surface area contributed by atoms with Crippen LogP contribution in [0.2, 0.25) is 0 Å². The van der Waals surface area contributed by atoms with Gasteiger partial charge in [-0.15, -0.1) is 0 Å². The maximum absolute atomic E-state index is 11.3. The maximum atomic E-state index is 11.3. The van der Waals surface area contributed by atoms with E-state index in [2.05, 4.69) is 0 Å². The first kappa shape index (κ1) is 21.7. The largest absolute Gasteiger partial charge is 0.512 e. The molecule has 4 N–H and O–H groups in total. The van der Waals surface area contributed by atoms with Gasteiger partial charge in [-0.25, -0.2) is 0 Å². The van der Waals surface area contributed by atoms with E-state index in [0.29, 0.717) is 18.4 Å². The van der Waals surface area contributed by atoms with Crippen molar-refractivity contribution in [3.05, 3.63) is 119 Å². The fraction of sp³-hybridized carbons (Fsp3) is 0.214. The Kier molecular flexibility index (Phi) is 6.06. The normalized spacial score (nSPS) is 19.2. The molecule has 32 heavy (non-hydrogen) atoms. The summed E-state index contributed by atoms with van der Waals surface area (Å²) >= 11 is 0. The van der Waals surface area contributed by atoms with Gasteiger partial charge in [0, 0.05) is 23.5 Å². The summed E-state index contributed by atoms with van der Waals surface area (Å²) in [7, 11) is 0. The summed E-state index contributed by atoms with van der Waals surface area (Å²) in [6.07, 6.45) is 4.37. The molecule has 0 heterocycles. The highest BCUT2D eigenvalue weighted by molar-refractivity contribution is 5.54. The van der Waals surface area contributed by atoms with E-state index < -0.39 is 5.60 Å². The van der Waals surface area contributed by atoms with Crippen LogP contribution in [0.15, 0.2) is 96.3 Å². The Morgan fingerprint density at radius 2 is 1.50 bits per heavy atom. The third-order valence-electron chi connectivity index (χ3n) is 6.31. The molecular weight excluding hydrogens is 400 g/mol. The predicted molar refractivity (Wildman–Crippen MR) is 126 cm³/mol. The van der Waals surface area contributed by atoms with Gasteiger partial charge in [0.05, 0.1) is 5.76 Å². The third kappa shape index (κ3) is 4.27. The number of hydrogen-bond donors (Lipinski definition) is 4. The number of hydrogen-bond acceptors (Lipinski definition) is 4. The van der Waals surface area contributed by atoms with Crippen molar-refractivity contribution < 1.29 is 20.4 Å². The van der Waals surface area contributed by atoms with Crippen molar-refractivity contribution in [3.8, 4) is 11.5 Å². The van der Waals surface area contributed by atoms with E-state index in [4.69, 9.17) is 0 Å². The maximum Gasteiger partial charge on any atom is 0.128 e. The Hall–Kier alpha value is -3.50. The molecule has 2 atom stereocenters. The average Bonchev–Trinajstić information content (AvgIpc) is 2.80. The summed E-state index contributed by atoms with van der Waals surface area (Å²) in [5.41, 5.74) is 1.99. The quantitative estimate of drug-likeness (QED) is 0.409. The molecule has 0 radical (unpaired) electrons. The second-order valence-electron chi connectivity index (χ2n) is 8.41. The van der Waals surface area contributed by atoms with Gasteiger partial charge in [-0.05, 0) is 47.8 Å². The molecule has 3 aromatic carbocycles. The van der Waals surface area contributed by atoms with Crippen molar-refractivity contribution >= 4 is 0 Å². The Labute approximate surface area is 188 Å². The molecule has 0 aromatic heterocycles. The average molecular weight is 429 g/mol. The van der Waals surface area contributed by atoms with E-state index in [1.165, 1.54) is 12.1 Å². The first-order valence-electron chi connectivity index (χ1n) is 10.9. The number of aliphatic hydroxyl groups is 2. The Balaban J connectivity index is 1.60. The van der Waals surface area contributed by atoms with Crippen LogP contribution in [0.3, 0.4) is 0 Å². The molecule has 2 unspecified atom stereocenters. The Morgan fingerprint density at radius 1 is 0.844 bits per heavy atom. The minimum atomic E-state index is -1.57. The minimum Gasteiger partial charge on any atom is -0.512 e. The molecular formula is C28H28O4. The van der Waals surface area contributed by atoms with Crippen molar-refractivity contribution in [2.24, 2.45) is 0 Å². The number of allylic oxidation sites excluding steroid dienone is 2. The molecule has 0 fully saturated rings. The predicted octanol–water partition coefficient (Wildman–Crippen LogP) is 5.65. The number of rotatable bonds is 6. The number of aliphatic hydroxyl groups excluding tert-OH is 1. The zero-order valence-electron chi connectivity index (χ0n) is 18.1. The smallest absolute Gasteiger partial charge is 0.128 e. The molecule has 4 heteroatoms. The molecule has 0 saturated carbocycles. The molecule has 4 nitrogen and oxygen atoms in total. The van der Waals surface area contributed by atoms with Crippen molar-refractivity contribution in [1.82, 2.24) is 0 Å². The van der Waals surface area contributed by atoms with Crippen molar-refractivity contribution in [1.29, 1.82) is 0 Å². The van der Waals surface area contributed by atoms with Crippen LogP contribution in [0.25, 0.3) is 0 Å². The molecule has 4 rings (SSSR count). The van der Waals surface area contributed by atoms with Gasteiger partial charge < -0.3 is 20.4 Å². The monoisotopic (exact) mass is 428 g/mol. The third-order valence-corrected chi connectivity index (χ3v) is 6.31. The summed E-state index contributed by atoms with van der Waals surface area (Å²) in [6, 6.07) is 22.7. The number of phenolic OH excluding ortho intramolecular Hbond substituents is 2. The van der Waals surface area contributed by atoms with Crippen LogP contribution >= 0.6 is 0 Å².